The number of hydrogen-bond acceptors (Lipinski definition) is 3. The number of allylic oxidation sites excluding steroid dienone is 3. The fourth-order valence-corrected chi connectivity index (χ4v) is 2.17. The van der Waals surface area contributed by atoms with Crippen LogP contribution >= 0.6 is 0 Å². The largest absolute Gasteiger partial charge is 0.478 e. The van der Waals surface area contributed by atoms with Gasteiger partial charge in [0.25, 0.3) is 0 Å². The molecular formula is C19H19FN2O2. The molecule has 0 aliphatic carbocycles. The number of rotatable bonds is 6. The van der Waals surface area contributed by atoms with Crippen LogP contribution in [0, 0.1) is 5.82 Å². The highest BCUT2D eigenvalue weighted by Gasteiger charge is 2.14. The number of halogens is 1. The van der Waals surface area contributed by atoms with Crippen LogP contribution in [-0.4, -0.2) is 11.1 Å². The van der Waals surface area contributed by atoms with Crippen molar-refractivity contribution in [1.82, 2.24) is 0 Å². The monoisotopic (exact) mass is 326 g/mol. The van der Waals surface area contributed by atoms with Gasteiger partial charge < -0.3 is 16.2 Å². The number of carboxylic acid groups (broad SMARTS) is 1. The van der Waals surface area contributed by atoms with Crippen molar-refractivity contribution in [2.45, 2.75) is 13.3 Å². The minimum atomic E-state index is -1.35. The summed E-state index contributed by atoms with van der Waals surface area (Å²) in [6.45, 7) is 6.05. The summed E-state index contributed by atoms with van der Waals surface area (Å²) < 4.78 is 13.6. The van der Waals surface area contributed by atoms with E-state index in [0.717, 1.165) is 23.6 Å². The van der Waals surface area contributed by atoms with Crippen LogP contribution in [0.4, 0.5) is 21.5 Å². The third-order valence-corrected chi connectivity index (χ3v) is 3.44. The average Bonchev–Trinajstić information content (AvgIpc) is 2.55. The molecule has 5 heteroatoms. The Bertz CT molecular complexity index is 813. The van der Waals surface area contributed by atoms with E-state index in [4.69, 9.17) is 10.8 Å². The van der Waals surface area contributed by atoms with Crippen molar-refractivity contribution in [3.63, 3.8) is 0 Å². The Morgan fingerprint density at radius 2 is 2.12 bits per heavy atom. The first kappa shape index (κ1) is 17.3. The number of anilines is 3. The van der Waals surface area contributed by atoms with Crippen LogP contribution < -0.4 is 11.1 Å². The van der Waals surface area contributed by atoms with E-state index in [1.807, 2.05) is 43.3 Å². The van der Waals surface area contributed by atoms with Gasteiger partial charge in [-0.2, -0.15) is 0 Å². The fraction of sp³-hybridized carbons (Fsp3) is 0.105. The lowest BCUT2D eigenvalue weighted by molar-refractivity contribution is 0.0692. The Morgan fingerprint density at radius 1 is 1.38 bits per heavy atom. The molecule has 0 heterocycles. The van der Waals surface area contributed by atoms with E-state index < -0.39 is 17.3 Å². The number of carboxylic acids is 1. The molecule has 0 atom stereocenters. The topological polar surface area (TPSA) is 75.3 Å². The quantitative estimate of drug-likeness (QED) is 0.525. The van der Waals surface area contributed by atoms with Crippen LogP contribution in [0.1, 0.15) is 29.3 Å². The van der Waals surface area contributed by atoms with Crippen molar-refractivity contribution >= 4 is 28.6 Å². The summed E-state index contributed by atoms with van der Waals surface area (Å²) >= 11 is 0. The van der Waals surface area contributed by atoms with Gasteiger partial charge >= 0.3 is 5.97 Å². The van der Waals surface area contributed by atoms with Crippen LogP contribution in [0.25, 0.3) is 5.57 Å². The zero-order chi connectivity index (χ0) is 17.7. The molecule has 2 aromatic carbocycles. The summed E-state index contributed by atoms with van der Waals surface area (Å²) in [7, 11) is 0. The van der Waals surface area contributed by atoms with Gasteiger partial charge in [-0.3, -0.25) is 0 Å². The lowest BCUT2D eigenvalue weighted by Crippen LogP contribution is -2.05. The van der Waals surface area contributed by atoms with Gasteiger partial charge in [-0.05, 0) is 41.8 Å². The second kappa shape index (κ2) is 7.46. The molecule has 0 aliphatic rings. The number of nitrogens with one attached hydrogen (secondary N) is 1. The molecular weight excluding hydrogens is 307 g/mol. The molecule has 4 nitrogen and oxygen atoms in total. The molecule has 24 heavy (non-hydrogen) atoms. The summed E-state index contributed by atoms with van der Waals surface area (Å²) in [4.78, 5) is 11.1. The van der Waals surface area contributed by atoms with Crippen molar-refractivity contribution < 1.29 is 14.3 Å². The molecule has 2 aromatic rings. The first-order valence-corrected chi connectivity index (χ1v) is 7.47. The molecule has 4 N–H and O–H groups in total. The fourth-order valence-electron chi connectivity index (χ4n) is 2.17. The first-order valence-electron chi connectivity index (χ1n) is 7.47. The molecule has 0 radical (unpaired) electrons. The molecule has 0 saturated heterocycles. The Balaban J connectivity index is 2.32. The number of benzene rings is 2. The standard InChI is InChI=1S/C19H19FN2O2/c1-3-4-6-12(2)13-7-5-8-14(9-13)22-18-10-15(19(23)24)16(20)11-17(18)21/h4-11,22H,2-3,21H2,1H3,(H,23,24)/b6-4-. The van der Waals surface area contributed by atoms with Crippen molar-refractivity contribution in [2.24, 2.45) is 0 Å². The molecule has 124 valence electrons. The third kappa shape index (κ3) is 4.01. The molecule has 2 rings (SSSR count). The molecule has 0 amide bonds. The molecule has 0 bridgehead atoms. The van der Waals surface area contributed by atoms with E-state index in [9.17, 15) is 9.18 Å². The normalized spacial score (nSPS) is 10.8. The smallest absolute Gasteiger partial charge is 0.338 e. The van der Waals surface area contributed by atoms with Gasteiger partial charge in [0, 0.05) is 5.69 Å². The highest BCUT2D eigenvalue weighted by Crippen LogP contribution is 2.28. The van der Waals surface area contributed by atoms with Gasteiger partial charge in [0.15, 0.2) is 0 Å². The van der Waals surface area contributed by atoms with E-state index >= 15 is 0 Å². The minimum Gasteiger partial charge on any atom is -0.478 e. The van der Waals surface area contributed by atoms with Crippen molar-refractivity contribution in [1.29, 1.82) is 0 Å². The maximum Gasteiger partial charge on any atom is 0.338 e. The Morgan fingerprint density at radius 3 is 2.79 bits per heavy atom. The van der Waals surface area contributed by atoms with Crippen LogP contribution in [0.5, 0.6) is 0 Å². The van der Waals surface area contributed by atoms with Crippen LogP contribution in [0.2, 0.25) is 0 Å². The van der Waals surface area contributed by atoms with Gasteiger partial charge in [-0.15, -0.1) is 0 Å². The Labute approximate surface area is 140 Å². The molecule has 0 aliphatic heterocycles. The zero-order valence-corrected chi connectivity index (χ0v) is 13.3. The Kier molecular flexibility index (Phi) is 5.37. The van der Waals surface area contributed by atoms with E-state index in [1.54, 1.807) is 0 Å². The van der Waals surface area contributed by atoms with E-state index in [1.165, 1.54) is 6.07 Å². The summed E-state index contributed by atoms with van der Waals surface area (Å²) in [6, 6.07) is 9.63. The second-order valence-corrected chi connectivity index (χ2v) is 5.27. The number of carbonyl (C=O) groups is 1. The van der Waals surface area contributed by atoms with Crippen LogP contribution in [0.15, 0.2) is 55.1 Å². The predicted molar refractivity (Wildman–Crippen MR) is 96.0 cm³/mol. The van der Waals surface area contributed by atoms with Gasteiger partial charge in [-0.1, -0.05) is 37.8 Å². The van der Waals surface area contributed by atoms with Gasteiger partial charge in [0.05, 0.1) is 16.9 Å². The van der Waals surface area contributed by atoms with Gasteiger partial charge in [0.1, 0.15) is 5.82 Å². The minimum absolute atomic E-state index is 0.132. The lowest BCUT2D eigenvalue weighted by Gasteiger charge is -2.12. The molecule has 0 spiro atoms. The van der Waals surface area contributed by atoms with E-state index in [2.05, 4.69) is 11.9 Å². The van der Waals surface area contributed by atoms with E-state index in [0.29, 0.717) is 11.4 Å². The molecule has 0 unspecified atom stereocenters. The number of nitrogens with two attached hydrogens (primary N) is 1. The summed E-state index contributed by atoms with van der Waals surface area (Å²) in [5, 5.41) is 12.0. The number of aromatic carboxylic acids is 1. The summed E-state index contributed by atoms with van der Waals surface area (Å²) in [6.07, 6.45) is 4.87. The highest BCUT2D eigenvalue weighted by molar-refractivity contribution is 5.91. The van der Waals surface area contributed by atoms with Gasteiger partial charge in [-0.25, -0.2) is 9.18 Å². The van der Waals surface area contributed by atoms with Crippen molar-refractivity contribution in [3.05, 3.63) is 72.1 Å². The average molecular weight is 326 g/mol. The maximum absolute atomic E-state index is 13.6. The Hall–Kier alpha value is -3.08. The van der Waals surface area contributed by atoms with Gasteiger partial charge in [0.2, 0.25) is 0 Å². The summed E-state index contributed by atoms with van der Waals surface area (Å²) in [5.41, 5.74) is 8.29. The first-order chi connectivity index (χ1) is 11.4. The van der Waals surface area contributed by atoms with Crippen LogP contribution in [0.3, 0.4) is 0 Å². The van der Waals surface area contributed by atoms with Crippen molar-refractivity contribution in [2.75, 3.05) is 11.1 Å². The molecule has 0 saturated carbocycles. The van der Waals surface area contributed by atoms with Crippen molar-refractivity contribution in [3.8, 4) is 0 Å². The lowest BCUT2D eigenvalue weighted by atomic mass is 10.1. The second-order valence-electron chi connectivity index (χ2n) is 5.27. The van der Waals surface area contributed by atoms with Crippen LogP contribution in [-0.2, 0) is 0 Å². The summed E-state index contributed by atoms with van der Waals surface area (Å²) in [5.74, 6) is -2.21. The zero-order valence-electron chi connectivity index (χ0n) is 13.3. The number of nitrogen functional groups attached to an aromatic ring is 1. The molecule has 0 fully saturated rings. The highest BCUT2D eigenvalue weighted by atomic mass is 19.1. The number of hydrogen-bond donors (Lipinski definition) is 3. The van der Waals surface area contributed by atoms with E-state index in [-0.39, 0.29) is 5.69 Å². The SMILES string of the molecule is C=C(/C=C\CC)c1cccc(Nc2cc(C(=O)O)c(F)cc2N)c1. The predicted octanol–water partition coefficient (Wildman–Crippen LogP) is 4.83. The maximum atomic E-state index is 13.6. The third-order valence-electron chi connectivity index (χ3n) is 3.44. The molecule has 0 aromatic heterocycles.